The Morgan fingerprint density at radius 2 is 2.04 bits per heavy atom. The van der Waals surface area contributed by atoms with E-state index in [1.54, 1.807) is 11.4 Å². The molecule has 24 heavy (non-hydrogen) atoms. The van der Waals surface area contributed by atoms with Crippen molar-refractivity contribution in [3.8, 4) is 11.4 Å². The molecule has 3 rings (SSSR count). The fourth-order valence-corrected chi connectivity index (χ4v) is 3.24. The molecule has 0 saturated carbocycles. The average Bonchev–Trinajstić information content (AvgIpc) is 3.14. The van der Waals surface area contributed by atoms with Crippen LogP contribution >= 0.6 is 0 Å². The molecule has 0 spiro atoms. The maximum Gasteiger partial charge on any atom is 0.343 e. The Kier molecular flexibility index (Phi) is 4.00. The van der Waals surface area contributed by atoms with E-state index >= 15 is 0 Å². The zero-order valence-electron chi connectivity index (χ0n) is 14.5. The lowest BCUT2D eigenvalue weighted by Crippen LogP contribution is -2.36. The quantitative estimate of drug-likeness (QED) is 0.534. The first-order valence-corrected chi connectivity index (χ1v) is 11.3. The number of ether oxygens (including phenoxy) is 1. The number of hydrogen-bond acceptors (Lipinski definition) is 6. The Morgan fingerprint density at radius 1 is 1.29 bits per heavy atom. The molecule has 0 aliphatic carbocycles. The topological polar surface area (TPSA) is 82.5 Å². The minimum absolute atomic E-state index is 0.303. The van der Waals surface area contributed by atoms with Gasteiger partial charge in [0.05, 0.1) is 18.5 Å². The number of carbonyl (C=O) groups is 1. The SMILES string of the molecule is CCOC(=O)c1cnn2c(C)cc(-c3cc([Si](C)(C)C)on3)nc12. The average molecular weight is 344 g/mol. The van der Waals surface area contributed by atoms with Crippen LogP contribution in [0.2, 0.25) is 19.6 Å². The summed E-state index contributed by atoms with van der Waals surface area (Å²) in [5.74, 6) is -0.431. The molecule has 0 aromatic carbocycles. The van der Waals surface area contributed by atoms with Crippen molar-refractivity contribution in [1.82, 2.24) is 19.8 Å². The van der Waals surface area contributed by atoms with E-state index in [0.717, 1.165) is 11.1 Å². The summed E-state index contributed by atoms with van der Waals surface area (Å²) in [6.07, 6.45) is 1.48. The molecular weight excluding hydrogens is 324 g/mol. The van der Waals surface area contributed by atoms with E-state index in [1.807, 2.05) is 19.1 Å². The lowest BCUT2D eigenvalue weighted by molar-refractivity contribution is 0.0528. The summed E-state index contributed by atoms with van der Waals surface area (Å²) in [5, 5.41) is 9.28. The van der Waals surface area contributed by atoms with Crippen LogP contribution in [0.3, 0.4) is 0 Å². The van der Waals surface area contributed by atoms with Gasteiger partial charge in [-0.05, 0) is 19.9 Å². The third-order valence-electron chi connectivity index (χ3n) is 3.66. The van der Waals surface area contributed by atoms with Crippen LogP contribution in [0.4, 0.5) is 0 Å². The highest BCUT2D eigenvalue weighted by atomic mass is 28.3. The minimum atomic E-state index is -1.59. The van der Waals surface area contributed by atoms with Crippen LogP contribution in [-0.2, 0) is 4.74 Å². The first-order valence-electron chi connectivity index (χ1n) is 7.81. The van der Waals surface area contributed by atoms with Gasteiger partial charge in [0.1, 0.15) is 24.7 Å². The smallest absolute Gasteiger partial charge is 0.343 e. The molecule has 0 saturated heterocycles. The maximum absolute atomic E-state index is 12.1. The molecule has 0 atom stereocenters. The summed E-state index contributed by atoms with van der Waals surface area (Å²) in [4.78, 5) is 16.6. The summed E-state index contributed by atoms with van der Waals surface area (Å²) in [6.45, 7) is 10.5. The Morgan fingerprint density at radius 3 is 2.67 bits per heavy atom. The van der Waals surface area contributed by atoms with Gasteiger partial charge in [-0.25, -0.2) is 14.3 Å². The molecule has 0 aliphatic rings. The second kappa shape index (κ2) is 5.86. The second-order valence-electron chi connectivity index (χ2n) is 6.62. The second-order valence-corrected chi connectivity index (χ2v) is 11.6. The molecule has 0 radical (unpaired) electrons. The van der Waals surface area contributed by atoms with Crippen LogP contribution in [0.5, 0.6) is 0 Å². The molecule has 126 valence electrons. The van der Waals surface area contributed by atoms with E-state index in [2.05, 4.69) is 34.9 Å². The van der Waals surface area contributed by atoms with Crippen LogP contribution in [0.25, 0.3) is 17.0 Å². The zero-order valence-corrected chi connectivity index (χ0v) is 15.5. The number of hydrogen-bond donors (Lipinski definition) is 0. The van der Waals surface area contributed by atoms with Gasteiger partial charge >= 0.3 is 5.97 Å². The van der Waals surface area contributed by atoms with Gasteiger partial charge in [-0.1, -0.05) is 24.8 Å². The Hall–Kier alpha value is -2.48. The van der Waals surface area contributed by atoms with Crippen LogP contribution in [0, 0.1) is 6.92 Å². The van der Waals surface area contributed by atoms with Crippen molar-refractivity contribution < 1.29 is 14.1 Å². The lowest BCUT2D eigenvalue weighted by atomic mass is 10.2. The highest BCUT2D eigenvalue weighted by Crippen LogP contribution is 2.20. The van der Waals surface area contributed by atoms with Crippen molar-refractivity contribution in [2.45, 2.75) is 33.5 Å². The summed E-state index contributed by atoms with van der Waals surface area (Å²) < 4.78 is 12.2. The predicted molar refractivity (Wildman–Crippen MR) is 92.2 cm³/mol. The Labute approximate surface area is 140 Å². The summed E-state index contributed by atoms with van der Waals surface area (Å²) in [6, 6.07) is 3.81. The highest BCUT2D eigenvalue weighted by Gasteiger charge is 2.24. The van der Waals surface area contributed by atoms with Crippen molar-refractivity contribution in [3.05, 3.63) is 29.6 Å². The van der Waals surface area contributed by atoms with Gasteiger partial charge in [0, 0.05) is 11.8 Å². The predicted octanol–water partition coefficient (Wildman–Crippen LogP) is 2.41. The molecule has 0 aliphatic heterocycles. The van der Waals surface area contributed by atoms with Crippen molar-refractivity contribution in [3.63, 3.8) is 0 Å². The molecule has 0 unspecified atom stereocenters. The largest absolute Gasteiger partial charge is 0.462 e. The molecule has 3 heterocycles. The Bertz CT molecular complexity index is 908. The number of aromatic nitrogens is 4. The van der Waals surface area contributed by atoms with Gasteiger partial charge in [0.25, 0.3) is 0 Å². The van der Waals surface area contributed by atoms with E-state index in [0.29, 0.717) is 29.2 Å². The van der Waals surface area contributed by atoms with Gasteiger partial charge in [-0.15, -0.1) is 0 Å². The first kappa shape index (κ1) is 16.4. The first-order chi connectivity index (χ1) is 11.3. The Balaban J connectivity index is 2.11. The van der Waals surface area contributed by atoms with E-state index in [-0.39, 0.29) is 0 Å². The molecule has 0 amide bonds. The maximum atomic E-state index is 12.1. The van der Waals surface area contributed by atoms with Crippen molar-refractivity contribution in [2.75, 3.05) is 6.61 Å². The van der Waals surface area contributed by atoms with Crippen molar-refractivity contribution >= 4 is 25.1 Å². The van der Waals surface area contributed by atoms with Gasteiger partial charge in [0.2, 0.25) is 0 Å². The monoisotopic (exact) mass is 344 g/mol. The number of fused-ring (bicyclic) bond motifs is 1. The zero-order chi connectivity index (χ0) is 17.5. The fourth-order valence-electron chi connectivity index (χ4n) is 2.35. The summed E-state index contributed by atoms with van der Waals surface area (Å²) >= 11 is 0. The minimum Gasteiger partial charge on any atom is -0.462 e. The van der Waals surface area contributed by atoms with Crippen molar-refractivity contribution in [2.24, 2.45) is 0 Å². The number of rotatable bonds is 4. The van der Waals surface area contributed by atoms with E-state index < -0.39 is 14.0 Å². The molecule has 3 aromatic heterocycles. The number of esters is 1. The van der Waals surface area contributed by atoms with Gasteiger partial charge < -0.3 is 9.26 Å². The van der Waals surface area contributed by atoms with Gasteiger partial charge in [0.15, 0.2) is 5.65 Å². The molecular formula is C16H20N4O3Si. The summed E-state index contributed by atoms with van der Waals surface area (Å²) in [7, 11) is -1.59. The van der Waals surface area contributed by atoms with Crippen LogP contribution in [0.15, 0.2) is 22.9 Å². The third-order valence-corrected chi connectivity index (χ3v) is 5.37. The van der Waals surface area contributed by atoms with Gasteiger partial charge in [-0.2, -0.15) is 5.10 Å². The van der Waals surface area contributed by atoms with Crippen LogP contribution in [0.1, 0.15) is 23.0 Å². The number of nitrogens with zero attached hydrogens (tertiary/aromatic N) is 4. The molecule has 0 N–H and O–H groups in total. The van der Waals surface area contributed by atoms with Crippen LogP contribution < -0.4 is 5.38 Å². The normalized spacial score (nSPS) is 11.9. The molecule has 0 fully saturated rings. The fraction of sp³-hybridized carbons (Fsp3) is 0.375. The van der Waals surface area contributed by atoms with E-state index in [1.165, 1.54) is 6.20 Å². The summed E-state index contributed by atoms with van der Waals surface area (Å²) in [5.41, 5.74) is 2.97. The molecule has 7 nitrogen and oxygen atoms in total. The molecule has 0 bridgehead atoms. The highest BCUT2D eigenvalue weighted by molar-refractivity contribution is 6.87. The van der Waals surface area contributed by atoms with Crippen molar-refractivity contribution in [1.29, 1.82) is 0 Å². The molecule has 3 aromatic rings. The lowest BCUT2D eigenvalue weighted by Gasteiger charge is -2.08. The third kappa shape index (κ3) is 2.84. The van der Waals surface area contributed by atoms with Gasteiger partial charge in [-0.3, -0.25) is 0 Å². The van der Waals surface area contributed by atoms with Crippen LogP contribution in [-0.4, -0.2) is 40.4 Å². The van der Waals surface area contributed by atoms with E-state index in [4.69, 9.17) is 9.26 Å². The standard InChI is InChI=1S/C16H20N4O3Si/c1-6-22-16(21)11-9-17-20-10(2)7-12(18-15(11)20)13-8-14(23-19-13)24(3,4)5/h7-9H,6H2,1-5H3. The number of carbonyl (C=O) groups excluding carboxylic acids is 1. The number of aryl methyl sites for hydroxylation is 1. The van der Waals surface area contributed by atoms with E-state index in [9.17, 15) is 4.79 Å². The molecule has 8 heteroatoms.